The average Bonchev–Trinajstić information content (AvgIpc) is 2.30. The third kappa shape index (κ3) is 4.13. The molecule has 4 heteroatoms. The van der Waals surface area contributed by atoms with Crippen LogP contribution in [0.15, 0.2) is 24.3 Å². The number of carbonyl (C=O) groups is 1. The molecule has 0 heterocycles. The van der Waals surface area contributed by atoms with E-state index < -0.39 is 12.0 Å². The van der Waals surface area contributed by atoms with Crippen molar-refractivity contribution in [3.05, 3.63) is 35.4 Å². The van der Waals surface area contributed by atoms with Crippen molar-refractivity contribution in [3.63, 3.8) is 0 Å². The van der Waals surface area contributed by atoms with E-state index in [0.29, 0.717) is 19.6 Å². The van der Waals surface area contributed by atoms with E-state index in [1.54, 1.807) is 7.11 Å². The van der Waals surface area contributed by atoms with Crippen LogP contribution < -0.4 is 0 Å². The zero-order chi connectivity index (χ0) is 13.5. The summed E-state index contributed by atoms with van der Waals surface area (Å²) in [5.74, 6) is -0.770. The topological polar surface area (TPSA) is 49.8 Å². The summed E-state index contributed by atoms with van der Waals surface area (Å²) in [6.45, 7) is 3.09. The number of methoxy groups -OCH3 is 1. The van der Waals surface area contributed by atoms with Crippen LogP contribution in [0.5, 0.6) is 0 Å². The average molecular weight is 251 g/mol. The molecule has 18 heavy (non-hydrogen) atoms. The number of carboxylic acid groups (broad SMARTS) is 1. The van der Waals surface area contributed by atoms with Gasteiger partial charge in [0.1, 0.15) is 6.04 Å². The molecule has 0 aliphatic rings. The minimum absolute atomic E-state index is 0.434. The van der Waals surface area contributed by atoms with Crippen LogP contribution in [0.1, 0.15) is 24.5 Å². The van der Waals surface area contributed by atoms with Gasteiger partial charge in [0, 0.05) is 13.7 Å². The highest BCUT2D eigenvalue weighted by Gasteiger charge is 2.20. The summed E-state index contributed by atoms with van der Waals surface area (Å²) in [4.78, 5) is 12.9. The normalized spacial score (nSPS) is 12.7. The van der Waals surface area contributed by atoms with E-state index >= 15 is 0 Å². The van der Waals surface area contributed by atoms with Crippen molar-refractivity contribution in [2.75, 3.05) is 14.2 Å². The first-order valence-corrected chi connectivity index (χ1v) is 6.08. The number of likely N-dealkylation sites (N-methyl/N-ethyl adjacent to an activating group) is 1. The quantitative estimate of drug-likeness (QED) is 0.806. The van der Waals surface area contributed by atoms with E-state index in [-0.39, 0.29) is 0 Å². The van der Waals surface area contributed by atoms with Crippen LogP contribution in [-0.4, -0.2) is 36.2 Å². The number of aliphatic carboxylic acids is 1. The number of carboxylic acids is 1. The zero-order valence-corrected chi connectivity index (χ0v) is 11.2. The maximum Gasteiger partial charge on any atom is 0.320 e. The molecule has 0 saturated carbocycles. The van der Waals surface area contributed by atoms with Gasteiger partial charge in [0.15, 0.2) is 0 Å². The highest BCUT2D eigenvalue weighted by molar-refractivity contribution is 5.73. The van der Waals surface area contributed by atoms with Gasteiger partial charge in [-0.15, -0.1) is 0 Å². The molecule has 1 aromatic carbocycles. The van der Waals surface area contributed by atoms with Gasteiger partial charge in [-0.05, 0) is 24.6 Å². The van der Waals surface area contributed by atoms with E-state index in [0.717, 1.165) is 11.1 Å². The van der Waals surface area contributed by atoms with E-state index in [9.17, 15) is 4.79 Å². The molecule has 1 aromatic rings. The summed E-state index contributed by atoms with van der Waals surface area (Å²) < 4.78 is 5.09. The van der Waals surface area contributed by atoms with Crippen LogP contribution in [0.2, 0.25) is 0 Å². The van der Waals surface area contributed by atoms with Crippen LogP contribution in [0.3, 0.4) is 0 Å². The molecular formula is C14H21NO3. The maximum absolute atomic E-state index is 11.1. The summed E-state index contributed by atoms with van der Waals surface area (Å²) in [6.07, 6.45) is 0.601. The summed E-state index contributed by atoms with van der Waals surface area (Å²) in [5, 5.41) is 9.10. The predicted molar refractivity (Wildman–Crippen MR) is 70.3 cm³/mol. The Morgan fingerprint density at radius 2 is 2.11 bits per heavy atom. The van der Waals surface area contributed by atoms with Crippen LogP contribution in [0, 0.1) is 0 Å². The van der Waals surface area contributed by atoms with Gasteiger partial charge in [0.25, 0.3) is 0 Å². The fourth-order valence-corrected chi connectivity index (χ4v) is 2.06. The Bertz CT molecular complexity index is 392. The molecule has 1 unspecified atom stereocenters. The molecule has 0 bridgehead atoms. The van der Waals surface area contributed by atoms with Gasteiger partial charge < -0.3 is 9.84 Å². The maximum atomic E-state index is 11.1. The SMILES string of the molecule is CCC(C(=O)O)N(C)Cc1cccc(COC)c1. The molecule has 0 amide bonds. The second-order valence-electron chi connectivity index (χ2n) is 4.43. The molecule has 1 N–H and O–H groups in total. The van der Waals surface area contributed by atoms with Crippen molar-refractivity contribution in [3.8, 4) is 0 Å². The largest absolute Gasteiger partial charge is 0.480 e. The molecule has 0 aliphatic heterocycles. The van der Waals surface area contributed by atoms with Gasteiger partial charge >= 0.3 is 5.97 Å². The molecule has 1 atom stereocenters. The lowest BCUT2D eigenvalue weighted by Gasteiger charge is -2.23. The molecule has 4 nitrogen and oxygen atoms in total. The molecule has 0 radical (unpaired) electrons. The van der Waals surface area contributed by atoms with E-state index in [1.165, 1.54) is 0 Å². The lowest BCUT2D eigenvalue weighted by atomic mass is 10.1. The lowest BCUT2D eigenvalue weighted by Crippen LogP contribution is -2.37. The van der Waals surface area contributed by atoms with Crippen molar-refractivity contribution < 1.29 is 14.6 Å². The smallest absolute Gasteiger partial charge is 0.320 e. The van der Waals surface area contributed by atoms with E-state index in [4.69, 9.17) is 9.84 Å². The monoisotopic (exact) mass is 251 g/mol. The number of nitrogens with zero attached hydrogens (tertiary/aromatic N) is 1. The Morgan fingerprint density at radius 3 is 2.67 bits per heavy atom. The molecule has 0 fully saturated rings. The summed E-state index contributed by atoms with van der Waals surface area (Å²) in [7, 11) is 3.50. The second kappa shape index (κ2) is 7.13. The Hall–Kier alpha value is -1.39. The van der Waals surface area contributed by atoms with E-state index in [1.807, 2.05) is 37.1 Å². The van der Waals surface area contributed by atoms with Crippen molar-refractivity contribution in [2.24, 2.45) is 0 Å². The number of benzene rings is 1. The Balaban J connectivity index is 2.71. The summed E-state index contributed by atoms with van der Waals surface area (Å²) in [6, 6.07) is 7.59. The Labute approximate surface area is 108 Å². The first-order chi connectivity index (χ1) is 8.58. The lowest BCUT2D eigenvalue weighted by molar-refractivity contribution is -0.143. The second-order valence-corrected chi connectivity index (χ2v) is 4.43. The third-order valence-corrected chi connectivity index (χ3v) is 2.94. The number of hydrogen-bond acceptors (Lipinski definition) is 3. The highest BCUT2D eigenvalue weighted by Crippen LogP contribution is 2.11. The van der Waals surface area contributed by atoms with Crippen LogP contribution >= 0.6 is 0 Å². The highest BCUT2D eigenvalue weighted by atomic mass is 16.5. The number of hydrogen-bond donors (Lipinski definition) is 1. The number of rotatable bonds is 7. The molecule has 0 spiro atoms. The van der Waals surface area contributed by atoms with Gasteiger partial charge in [-0.2, -0.15) is 0 Å². The van der Waals surface area contributed by atoms with Gasteiger partial charge in [0.2, 0.25) is 0 Å². The molecule has 100 valence electrons. The van der Waals surface area contributed by atoms with Crippen molar-refractivity contribution in [1.29, 1.82) is 0 Å². The van der Waals surface area contributed by atoms with Crippen molar-refractivity contribution in [1.82, 2.24) is 4.90 Å². The first-order valence-electron chi connectivity index (χ1n) is 6.08. The summed E-state index contributed by atoms with van der Waals surface area (Å²) in [5.41, 5.74) is 2.21. The third-order valence-electron chi connectivity index (χ3n) is 2.94. The Kier molecular flexibility index (Phi) is 5.82. The molecule has 0 aromatic heterocycles. The molecule has 0 saturated heterocycles. The zero-order valence-electron chi connectivity index (χ0n) is 11.2. The van der Waals surface area contributed by atoms with Gasteiger partial charge in [-0.1, -0.05) is 31.2 Å². The minimum Gasteiger partial charge on any atom is -0.480 e. The predicted octanol–water partition coefficient (Wildman–Crippen LogP) is 2.13. The Morgan fingerprint density at radius 1 is 1.44 bits per heavy atom. The minimum atomic E-state index is -0.770. The van der Waals surface area contributed by atoms with Crippen LogP contribution in [0.4, 0.5) is 0 Å². The summed E-state index contributed by atoms with van der Waals surface area (Å²) >= 11 is 0. The number of ether oxygens (including phenoxy) is 1. The van der Waals surface area contributed by atoms with Crippen molar-refractivity contribution in [2.45, 2.75) is 32.5 Å². The fourth-order valence-electron chi connectivity index (χ4n) is 2.06. The van der Waals surface area contributed by atoms with Gasteiger partial charge in [0.05, 0.1) is 6.61 Å². The molecule has 0 aliphatic carbocycles. The van der Waals surface area contributed by atoms with Gasteiger partial charge in [-0.3, -0.25) is 9.69 Å². The standard InChI is InChI=1S/C14H21NO3/c1-4-13(14(16)17)15(2)9-11-6-5-7-12(8-11)10-18-3/h5-8,13H,4,9-10H2,1-3H3,(H,16,17). The van der Waals surface area contributed by atoms with Crippen molar-refractivity contribution >= 4 is 5.97 Å². The van der Waals surface area contributed by atoms with E-state index in [2.05, 4.69) is 6.07 Å². The molecule has 1 rings (SSSR count). The van der Waals surface area contributed by atoms with Crippen LogP contribution in [-0.2, 0) is 22.7 Å². The molecular weight excluding hydrogens is 230 g/mol. The first kappa shape index (κ1) is 14.7. The van der Waals surface area contributed by atoms with Crippen LogP contribution in [0.25, 0.3) is 0 Å². The fraction of sp³-hybridized carbons (Fsp3) is 0.500. The van der Waals surface area contributed by atoms with Gasteiger partial charge in [-0.25, -0.2) is 0 Å².